The highest BCUT2D eigenvalue weighted by Crippen LogP contribution is 2.38. The number of pyridine rings is 2. The van der Waals surface area contributed by atoms with Crippen molar-refractivity contribution < 1.29 is 36.5 Å². The summed E-state index contributed by atoms with van der Waals surface area (Å²) < 4.78 is 47.1. The molecule has 2 saturated carbocycles. The van der Waals surface area contributed by atoms with Crippen LogP contribution in [0.25, 0.3) is 22.3 Å². The Bertz CT molecular complexity index is 3060. The molecule has 0 spiro atoms. The molecular formula is C54H64BBrN6O8S2. The molecule has 4 heterocycles. The third-order valence-electron chi connectivity index (χ3n) is 14.7. The largest absolute Gasteiger partial charge is 0.488 e. The second kappa shape index (κ2) is 22.8. The number of allylic oxidation sites excluding steroid dienone is 4. The number of rotatable bonds is 8. The fraction of sp³-hybridized carbons (Fsp3) is 0.407. The van der Waals surface area contributed by atoms with Gasteiger partial charge in [-0.15, -0.1) is 0 Å². The normalized spacial score (nSPS) is 17.8. The van der Waals surface area contributed by atoms with Gasteiger partial charge in [0.1, 0.15) is 0 Å². The van der Waals surface area contributed by atoms with Gasteiger partial charge in [-0.3, -0.25) is 9.97 Å². The molecular weight excluding hydrogens is 1020 g/mol. The van der Waals surface area contributed by atoms with Crippen molar-refractivity contribution in [3.8, 4) is 11.1 Å². The highest BCUT2D eigenvalue weighted by Gasteiger charge is 2.31. The molecule has 2 fully saturated rings. The van der Waals surface area contributed by atoms with E-state index in [-0.39, 0.29) is 22.4 Å². The molecule has 0 radical (unpaired) electrons. The first-order valence-electron chi connectivity index (χ1n) is 24.8. The predicted octanol–water partition coefficient (Wildman–Crippen LogP) is 7.90. The van der Waals surface area contributed by atoms with E-state index in [1.807, 2.05) is 52.2 Å². The second-order valence-corrected chi connectivity index (χ2v) is 24.5. The van der Waals surface area contributed by atoms with Gasteiger partial charge in [0.2, 0.25) is 0 Å². The van der Waals surface area contributed by atoms with Gasteiger partial charge >= 0.3 is 19.2 Å². The van der Waals surface area contributed by atoms with Crippen molar-refractivity contribution in [1.29, 1.82) is 0 Å². The Morgan fingerprint density at radius 3 is 1.58 bits per heavy atom. The summed E-state index contributed by atoms with van der Waals surface area (Å²) in [6.07, 6.45) is 27.8. The number of halogens is 1. The zero-order chi connectivity index (χ0) is 51.3. The lowest BCUT2D eigenvalue weighted by Gasteiger charge is -2.33. The van der Waals surface area contributed by atoms with Crippen molar-refractivity contribution >= 4 is 71.4 Å². The summed E-state index contributed by atoms with van der Waals surface area (Å²) in [6, 6.07) is 18.0. The Morgan fingerprint density at radius 1 is 0.639 bits per heavy atom. The van der Waals surface area contributed by atoms with E-state index in [0.717, 1.165) is 103 Å². The standard InChI is InChI=1S/C27H31N3O3S.C20H24BrN3O.C7H9BO4S/c1-29(22-7-3-4-8-22)27(31)30-14-12-19(13-15-30)24-10-11-26-25(24)17-21(18-28-26)20-6-5-9-23(16-20)34(2,32)33;1-23(16-4-2-3-5-16)20(25)24-10-8-14(9-11-24)17-6-7-19-18(17)12-15(21)13-22-19;1-13(11,12)7-4-2-3-6(5-7)8(9)10/h5-6,9-10,12,16-18,22H,3-4,7-8,11,13-15H2,1-2H3;6,8,12-13,16H,2-5,7,9-11H2,1H3;2-5,9-10H,1H3. The minimum Gasteiger partial charge on any atom is -0.423 e. The minimum atomic E-state index is -3.28. The van der Waals surface area contributed by atoms with Crippen LogP contribution in [0.3, 0.4) is 0 Å². The van der Waals surface area contributed by atoms with E-state index >= 15 is 0 Å². The van der Waals surface area contributed by atoms with Gasteiger partial charge in [0, 0.05) is 111 Å². The van der Waals surface area contributed by atoms with Crippen LogP contribution in [-0.4, -0.2) is 141 Å². The molecule has 4 aromatic rings. The number of urea groups is 2. The summed E-state index contributed by atoms with van der Waals surface area (Å²) in [6.45, 7) is 2.86. The summed E-state index contributed by atoms with van der Waals surface area (Å²) in [7, 11) is -4.28. The number of carbonyl (C=O) groups is 2. The Hall–Kier alpha value is -5.40. The van der Waals surface area contributed by atoms with Crippen molar-refractivity contribution in [3.05, 3.63) is 135 Å². The third-order valence-corrected chi connectivity index (χ3v) is 17.3. The van der Waals surface area contributed by atoms with Gasteiger partial charge in [-0.25, -0.2) is 26.4 Å². The van der Waals surface area contributed by atoms with Crippen molar-refractivity contribution in [2.45, 2.75) is 98.9 Å². The summed E-state index contributed by atoms with van der Waals surface area (Å²) in [5.74, 6) is 0. The maximum Gasteiger partial charge on any atom is 0.488 e. The van der Waals surface area contributed by atoms with Crippen LogP contribution in [0.1, 0.15) is 86.7 Å². The molecule has 2 aromatic carbocycles. The highest BCUT2D eigenvalue weighted by atomic mass is 79.9. The lowest BCUT2D eigenvalue weighted by atomic mass is 9.80. The fourth-order valence-electron chi connectivity index (χ4n) is 10.5. The maximum atomic E-state index is 13.0. The Balaban J connectivity index is 0.000000159. The van der Waals surface area contributed by atoms with Crippen LogP contribution in [-0.2, 0) is 32.5 Å². The van der Waals surface area contributed by atoms with E-state index in [0.29, 0.717) is 30.1 Å². The number of nitrogens with zero attached hydrogens (tertiary/aromatic N) is 6. The van der Waals surface area contributed by atoms with Gasteiger partial charge in [-0.1, -0.05) is 74.3 Å². The predicted molar refractivity (Wildman–Crippen MR) is 287 cm³/mol. The van der Waals surface area contributed by atoms with Gasteiger partial charge in [0.05, 0.1) is 21.2 Å². The van der Waals surface area contributed by atoms with E-state index in [9.17, 15) is 26.4 Å². The summed E-state index contributed by atoms with van der Waals surface area (Å²) >= 11 is 3.53. The molecule has 4 aliphatic carbocycles. The molecule has 0 atom stereocenters. The van der Waals surface area contributed by atoms with E-state index in [1.54, 1.807) is 18.2 Å². The molecule has 72 heavy (non-hydrogen) atoms. The molecule has 2 aliphatic heterocycles. The van der Waals surface area contributed by atoms with Gasteiger partial charge in [-0.2, -0.15) is 0 Å². The summed E-state index contributed by atoms with van der Waals surface area (Å²) in [5, 5.41) is 17.5. The number of fused-ring (bicyclic) bond motifs is 2. The molecule has 14 nitrogen and oxygen atoms in total. The number of sulfone groups is 2. The quantitative estimate of drug-likeness (QED) is 0.165. The fourth-order valence-corrected chi connectivity index (χ4v) is 12.1. The van der Waals surface area contributed by atoms with Crippen LogP contribution in [0.4, 0.5) is 9.59 Å². The molecule has 0 saturated heterocycles. The van der Waals surface area contributed by atoms with Crippen molar-refractivity contribution in [3.63, 3.8) is 0 Å². The smallest absolute Gasteiger partial charge is 0.423 e. The van der Waals surface area contributed by atoms with Gasteiger partial charge in [0.25, 0.3) is 0 Å². The molecule has 0 bridgehead atoms. The number of aromatic nitrogens is 2. The first-order valence-corrected chi connectivity index (χ1v) is 29.4. The molecule has 0 unspecified atom stereocenters. The van der Waals surface area contributed by atoms with Crippen LogP contribution < -0.4 is 5.46 Å². The Kier molecular flexibility index (Phi) is 16.8. The molecule has 6 aliphatic rings. The molecule has 380 valence electrons. The van der Waals surface area contributed by atoms with Crippen LogP contribution in [0, 0.1) is 0 Å². The molecule has 4 amide bonds. The average molecular weight is 1080 g/mol. The molecule has 2 aromatic heterocycles. The van der Waals surface area contributed by atoms with E-state index < -0.39 is 26.8 Å². The molecule has 18 heteroatoms. The minimum absolute atomic E-state index is 0.0816. The first kappa shape index (κ1) is 52.9. The second-order valence-electron chi connectivity index (χ2n) is 19.5. The van der Waals surface area contributed by atoms with Crippen LogP contribution in [0.15, 0.2) is 123 Å². The lowest BCUT2D eigenvalue weighted by molar-refractivity contribution is 0.150. The van der Waals surface area contributed by atoms with Crippen LogP contribution in [0.5, 0.6) is 0 Å². The summed E-state index contributed by atoms with van der Waals surface area (Å²) in [5.41, 5.74) is 11.6. The lowest BCUT2D eigenvalue weighted by Crippen LogP contribution is -2.46. The summed E-state index contributed by atoms with van der Waals surface area (Å²) in [4.78, 5) is 43.1. The number of hydrogen-bond donors (Lipinski definition) is 2. The van der Waals surface area contributed by atoms with Crippen molar-refractivity contribution in [1.82, 2.24) is 29.6 Å². The number of hydrogen-bond acceptors (Lipinski definition) is 10. The van der Waals surface area contributed by atoms with Crippen LogP contribution >= 0.6 is 15.9 Å². The molecule has 10 rings (SSSR count). The van der Waals surface area contributed by atoms with E-state index in [1.165, 1.54) is 84.1 Å². The van der Waals surface area contributed by atoms with Gasteiger partial charge in [0.15, 0.2) is 19.7 Å². The van der Waals surface area contributed by atoms with E-state index in [2.05, 4.69) is 62.3 Å². The third kappa shape index (κ3) is 12.5. The SMILES string of the molecule is CN(C(=O)N1CC=C(C2=CCc3ncc(-c4cccc(S(C)(=O)=O)c4)cc32)CC1)C1CCCC1.CN(C(=O)N1CC=C(C2=CCc3ncc(Br)cc32)CC1)C1CCCC1.CS(=O)(=O)c1cccc(B(O)O)c1. The first-order chi connectivity index (χ1) is 34.3. The monoisotopic (exact) mass is 1080 g/mol. The van der Waals surface area contributed by atoms with Crippen molar-refractivity contribution in [2.24, 2.45) is 0 Å². The molecule has 2 N–H and O–H groups in total. The Morgan fingerprint density at radius 2 is 1.11 bits per heavy atom. The van der Waals surface area contributed by atoms with Gasteiger partial charge in [-0.05, 0) is 124 Å². The van der Waals surface area contributed by atoms with Gasteiger partial charge < -0.3 is 29.6 Å². The van der Waals surface area contributed by atoms with Crippen LogP contribution in [0.2, 0.25) is 0 Å². The average Bonchev–Trinajstić information content (AvgIpc) is 4.24. The zero-order valence-corrected chi connectivity index (χ0v) is 44.7. The number of carbonyl (C=O) groups excluding carboxylic acids is 2. The highest BCUT2D eigenvalue weighted by molar-refractivity contribution is 9.10. The Labute approximate surface area is 433 Å². The maximum absolute atomic E-state index is 13.0. The topological polar surface area (TPSA) is 182 Å². The van der Waals surface area contributed by atoms with E-state index in [4.69, 9.17) is 10.0 Å². The number of benzene rings is 2. The zero-order valence-electron chi connectivity index (χ0n) is 41.5. The van der Waals surface area contributed by atoms with Crippen molar-refractivity contribution in [2.75, 3.05) is 52.8 Å². The number of amides is 4.